The number of nitrogens with one attached hydrogen (secondary N) is 1. The highest BCUT2D eigenvalue weighted by Gasteiger charge is 2.24. The summed E-state index contributed by atoms with van der Waals surface area (Å²) in [6.07, 6.45) is 2.43. The van der Waals surface area contributed by atoms with Crippen LogP contribution in [-0.4, -0.2) is 30.4 Å². The highest BCUT2D eigenvalue weighted by atomic mass is 35.5. The Morgan fingerprint density at radius 3 is 2.52 bits per heavy atom. The molecule has 0 radical (unpaired) electrons. The first-order valence-electron chi connectivity index (χ1n) is 7.55. The van der Waals surface area contributed by atoms with Crippen molar-refractivity contribution in [3.05, 3.63) is 58.0 Å². The summed E-state index contributed by atoms with van der Waals surface area (Å²) in [6, 6.07) is 10.1. The number of amides is 1. The fourth-order valence-corrected chi connectivity index (χ4v) is 3.70. The van der Waals surface area contributed by atoms with E-state index < -0.39 is 0 Å². The topological polar surface area (TPSA) is 32.3 Å². The Morgan fingerprint density at radius 1 is 1.22 bits per heavy atom. The minimum Gasteiger partial charge on any atom is -0.350 e. The first kappa shape index (κ1) is 17.9. The smallest absolute Gasteiger partial charge is 0.251 e. The molecular weight excluding hydrogens is 335 g/mol. The van der Waals surface area contributed by atoms with E-state index in [1.54, 1.807) is 11.3 Å². The molecule has 23 heavy (non-hydrogen) atoms. The molecule has 0 saturated carbocycles. The van der Waals surface area contributed by atoms with Gasteiger partial charge in [-0.05, 0) is 61.6 Å². The van der Waals surface area contributed by atoms with Crippen molar-refractivity contribution < 1.29 is 9.18 Å². The van der Waals surface area contributed by atoms with Crippen LogP contribution >= 0.6 is 23.7 Å². The number of nitrogens with zero attached hydrogens (tertiary/aromatic N) is 1. The molecule has 1 aromatic heterocycles. The average molecular weight is 355 g/mol. The lowest BCUT2D eigenvalue weighted by molar-refractivity contribution is 0.0938. The number of carbonyl (C=O) groups is 1. The summed E-state index contributed by atoms with van der Waals surface area (Å²) >= 11 is 1.72. The molecule has 1 amide bonds. The number of rotatable bonds is 5. The van der Waals surface area contributed by atoms with E-state index in [0.717, 1.165) is 13.1 Å². The van der Waals surface area contributed by atoms with Crippen molar-refractivity contribution in [1.29, 1.82) is 0 Å². The fraction of sp³-hybridized carbons (Fsp3) is 0.353. The van der Waals surface area contributed by atoms with Crippen molar-refractivity contribution in [1.82, 2.24) is 10.2 Å². The second kappa shape index (κ2) is 8.43. The largest absolute Gasteiger partial charge is 0.350 e. The van der Waals surface area contributed by atoms with Crippen LogP contribution in [0.3, 0.4) is 0 Å². The molecule has 1 aliphatic heterocycles. The van der Waals surface area contributed by atoms with Crippen molar-refractivity contribution in [3.63, 3.8) is 0 Å². The summed E-state index contributed by atoms with van der Waals surface area (Å²) in [4.78, 5) is 15.9. The van der Waals surface area contributed by atoms with Crippen LogP contribution in [0, 0.1) is 5.82 Å². The Balaban J connectivity index is 0.00000192. The lowest BCUT2D eigenvalue weighted by Crippen LogP contribution is -2.36. The normalized spacial score (nSPS) is 15.9. The summed E-state index contributed by atoms with van der Waals surface area (Å²) in [5.74, 6) is -0.481. The van der Waals surface area contributed by atoms with E-state index in [2.05, 4.69) is 21.7 Å². The van der Waals surface area contributed by atoms with E-state index in [4.69, 9.17) is 0 Å². The van der Waals surface area contributed by atoms with Gasteiger partial charge in [0.15, 0.2) is 0 Å². The summed E-state index contributed by atoms with van der Waals surface area (Å²) in [6.45, 7) is 2.74. The Morgan fingerprint density at radius 2 is 1.91 bits per heavy atom. The molecule has 1 aliphatic rings. The van der Waals surface area contributed by atoms with Crippen molar-refractivity contribution in [3.8, 4) is 0 Å². The van der Waals surface area contributed by atoms with Gasteiger partial charge >= 0.3 is 0 Å². The first-order chi connectivity index (χ1) is 10.7. The summed E-state index contributed by atoms with van der Waals surface area (Å²) in [5.41, 5.74) is 0.493. The predicted molar refractivity (Wildman–Crippen MR) is 93.8 cm³/mol. The summed E-state index contributed by atoms with van der Waals surface area (Å²) in [7, 11) is 0. The molecule has 3 rings (SSSR count). The van der Waals surface area contributed by atoms with E-state index >= 15 is 0 Å². The number of thiophene rings is 1. The molecule has 2 aromatic rings. The molecule has 1 unspecified atom stereocenters. The molecule has 1 aromatic carbocycles. The molecule has 3 nitrogen and oxygen atoms in total. The molecule has 2 heterocycles. The van der Waals surface area contributed by atoms with E-state index in [9.17, 15) is 9.18 Å². The lowest BCUT2D eigenvalue weighted by Gasteiger charge is -2.26. The molecule has 0 bridgehead atoms. The second-order valence-electron chi connectivity index (χ2n) is 5.49. The molecule has 1 fully saturated rings. The maximum absolute atomic E-state index is 12.9. The molecular formula is C17H20ClFN2OS. The quantitative estimate of drug-likeness (QED) is 0.883. The SMILES string of the molecule is Cl.O=C(NCC(c1cccs1)N1CCCC1)c1ccc(F)cc1. The van der Waals surface area contributed by atoms with Gasteiger partial charge in [-0.25, -0.2) is 4.39 Å². The standard InChI is InChI=1S/C17H19FN2OS.ClH/c18-14-7-5-13(6-8-14)17(21)19-12-15(16-4-3-11-22-16)20-9-1-2-10-20;/h3-8,11,15H,1-2,9-10,12H2,(H,19,21);1H. The third-order valence-corrected chi connectivity index (χ3v) is 4.99. The molecule has 1 N–H and O–H groups in total. The van der Waals surface area contributed by atoms with Crippen LogP contribution in [0.1, 0.15) is 34.1 Å². The molecule has 1 atom stereocenters. The van der Waals surface area contributed by atoms with Gasteiger partial charge in [0.05, 0.1) is 6.04 Å². The number of halogens is 2. The minimum absolute atomic E-state index is 0. The highest BCUT2D eigenvalue weighted by Crippen LogP contribution is 2.27. The number of hydrogen-bond donors (Lipinski definition) is 1. The van der Waals surface area contributed by atoms with Gasteiger partial charge in [0, 0.05) is 17.0 Å². The van der Waals surface area contributed by atoms with Gasteiger partial charge in [0.25, 0.3) is 5.91 Å². The van der Waals surface area contributed by atoms with Crippen LogP contribution in [0.4, 0.5) is 4.39 Å². The Hall–Kier alpha value is -1.43. The highest BCUT2D eigenvalue weighted by molar-refractivity contribution is 7.10. The van der Waals surface area contributed by atoms with Gasteiger partial charge in [-0.1, -0.05) is 6.07 Å². The van der Waals surface area contributed by atoms with Crippen LogP contribution < -0.4 is 5.32 Å². The third kappa shape index (κ3) is 4.53. The van der Waals surface area contributed by atoms with Crippen molar-refractivity contribution in [2.75, 3.05) is 19.6 Å². The van der Waals surface area contributed by atoms with Crippen LogP contribution in [0.2, 0.25) is 0 Å². The molecule has 6 heteroatoms. The number of likely N-dealkylation sites (tertiary alicyclic amines) is 1. The molecule has 1 saturated heterocycles. The lowest BCUT2D eigenvalue weighted by atomic mass is 10.1. The van der Waals surface area contributed by atoms with E-state index in [1.165, 1.54) is 42.0 Å². The van der Waals surface area contributed by atoms with Crippen LogP contribution in [0.25, 0.3) is 0 Å². The Bertz CT molecular complexity index is 612. The van der Waals surface area contributed by atoms with Gasteiger partial charge in [-0.3, -0.25) is 9.69 Å². The van der Waals surface area contributed by atoms with E-state index in [-0.39, 0.29) is 30.2 Å². The monoisotopic (exact) mass is 354 g/mol. The van der Waals surface area contributed by atoms with Crippen molar-refractivity contribution in [2.24, 2.45) is 0 Å². The van der Waals surface area contributed by atoms with Crippen LogP contribution in [0.15, 0.2) is 41.8 Å². The van der Waals surface area contributed by atoms with Crippen LogP contribution in [0.5, 0.6) is 0 Å². The fourth-order valence-electron chi connectivity index (χ4n) is 2.84. The van der Waals surface area contributed by atoms with Crippen LogP contribution in [-0.2, 0) is 0 Å². The molecule has 124 valence electrons. The second-order valence-corrected chi connectivity index (χ2v) is 6.47. The first-order valence-corrected chi connectivity index (χ1v) is 8.43. The molecule has 0 aliphatic carbocycles. The third-order valence-electron chi connectivity index (χ3n) is 4.02. The zero-order valence-corrected chi connectivity index (χ0v) is 14.3. The predicted octanol–water partition coefficient (Wildman–Crippen LogP) is 3.88. The number of benzene rings is 1. The van der Waals surface area contributed by atoms with Gasteiger partial charge in [0.2, 0.25) is 0 Å². The zero-order chi connectivity index (χ0) is 15.4. The maximum Gasteiger partial charge on any atom is 0.251 e. The van der Waals surface area contributed by atoms with Gasteiger partial charge in [-0.2, -0.15) is 0 Å². The van der Waals surface area contributed by atoms with Gasteiger partial charge < -0.3 is 5.32 Å². The average Bonchev–Trinajstić information content (AvgIpc) is 3.22. The summed E-state index contributed by atoms with van der Waals surface area (Å²) in [5, 5.41) is 5.06. The van der Waals surface area contributed by atoms with Gasteiger partial charge in [0.1, 0.15) is 5.82 Å². The van der Waals surface area contributed by atoms with E-state index in [1.807, 2.05) is 6.07 Å². The van der Waals surface area contributed by atoms with Crippen molar-refractivity contribution >= 4 is 29.7 Å². The zero-order valence-electron chi connectivity index (χ0n) is 12.7. The van der Waals surface area contributed by atoms with Gasteiger partial charge in [-0.15, -0.1) is 23.7 Å². The Kier molecular flexibility index (Phi) is 6.57. The number of hydrogen-bond acceptors (Lipinski definition) is 3. The van der Waals surface area contributed by atoms with Crippen molar-refractivity contribution in [2.45, 2.75) is 18.9 Å². The Labute approximate surface area is 145 Å². The van der Waals surface area contributed by atoms with E-state index in [0.29, 0.717) is 12.1 Å². The minimum atomic E-state index is -0.329. The number of carbonyl (C=O) groups excluding carboxylic acids is 1. The molecule has 0 spiro atoms. The summed E-state index contributed by atoms with van der Waals surface area (Å²) < 4.78 is 12.9. The maximum atomic E-state index is 12.9.